The van der Waals surface area contributed by atoms with E-state index < -0.39 is 0 Å². The predicted molar refractivity (Wildman–Crippen MR) is 85.5 cm³/mol. The first-order valence-corrected chi connectivity index (χ1v) is 7.84. The number of aromatic nitrogens is 2. The maximum absolute atomic E-state index is 4.70. The molecule has 2 heterocycles. The average molecular weight is 284 g/mol. The van der Waals surface area contributed by atoms with E-state index in [2.05, 4.69) is 35.5 Å². The highest BCUT2D eigenvalue weighted by Gasteiger charge is 2.17. The van der Waals surface area contributed by atoms with E-state index in [0.717, 1.165) is 31.0 Å². The zero-order chi connectivity index (χ0) is 14.5. The first kappa shape index (κ1) is 14.3. The summed E-state index contributed by atoms with van der Waals surface area (Å²) in [5, 5.41) is 8.17. The van der Waals surface area contributed by atoms with E-state index in [0.29, 0.717) is 6.04 Å². The Morgan fingerprint density at radius 2 is 2.05 bits per heavy atom. The molecule has 1 fully saturated rings. The van der Waals surface area contributed by atoms with Gasteiger partial charge < -0.3 is 5.32 Å². The van der Waals surface area contributed by atoms with Crippen LogP contribution in [0.5, 0.6) is 0 Å². The Morgan fingerprint density at radius 1 is 1.19 bits per heavy atom. The van der Waals surface area contributed by atoms with Crippen molar-refractivity contribution in [2.75, 3.05) is 20.1 Å². The van der Waals surface area contributed by atoms with Gasteiger partial charge >= 0.3 is 0 Å². The van der Waals surface area contributed by atoms with Crippen molar-refractivity contribution in [1.29, 1.82) is 0 Å². The summed E-state index contributed by atoms with van der Waals surface area (Å²) in [5.74, 6) is 0. The number of nitrogens with zero attached hydrogens (tertiary/aromatic N) is 3. The van der Waals surface area contributed by atoms with Gasteiger partial charge in [-0.25, -0.2) is 4.68 Å². The third-order valence-corrected chi connectivity index (χ3v) is 4.25. The lowest BCUT2D eigenvalue weighted by Gasteiger charge is -2.25. The normalized spacial score (nSPS) is 19.6. The van der Waals surface area contributed by atoms with Gasteiger partial charge in [0.15, 0.2) is 0 Å². The molecule has 112 valence electrons. The second-order valence-corrected chi connectivity index (χ2v) is 5.84. The van der Waals surface area contributed by atoms with Gasteiger partial charge in [-0.2, -0.15) is 5.10 Å². The molecule has 0 bridgehead atoms. The molecule has 4 nitrogen and oxygen atoms in total. The molecule has 1 aliphatic heterocycles. The maximum atomic E-state index is 4.70. The van der Waals surface area contributed by atoms with Crippen LogP contribution in [0.3, 0.4) is 0 Å². The minimum atomic E-state index is 0.668. The Bertz CT molecular complexity index is 541. The number of hydrogen-bond donors (Lipinski definition) is 1. The molecule has 0 radical (unpaired) electrons. The zero-order valence-electron chi connectivity index (χ0n) is 12.7. The molecule has 1 aromatic heterocycles. The second kappa shape index (κ2) is 6.87. The van der Waals surface area contributed by atoms with Gasteiger partial charge in [0.2, 0.25) is 0 Å². The van der Waals surface area contributed by atoms with Crippen molar-refractivity contribution in [1.82, 2.24) is 20.0 Å². The van der Waals surface area contributed by atoms with Gasteiger partial charge in [0.05, 0.1) is 11.4 Å². The highest BCUT2D eigenvalue weighted by atomic mass is 15.3. The minimum absolute atomic E-state index is 0.668. The molecule has 0 amide bonds. The Labute approximate surface area is 126 Å². The summed E-state index contributed by atoms with van der Waals surface area (Å²) in [6.45, 7) is 3.21. The second-order valence-electron chi connectivity index (χ2n) is 5.84. The quantitative estimate of drug-likeness (QED) is 0.936. The molecule has 0 spiro atoms. The van der Waals surface area contributed by atoms with Crippen LogP contribution in [0.2, 0.25) is 0 Å². The van der Waals surface area contributed by atoms with Gasteiger partial charge in [-0.15, -0.1) is 0 Å². The largest absolute Gasteiger partial charge is 0.317 e. The molecule has 4 heteroatoms. The lowest BCUT2D eigenvalue weighted by molar-refractivity contribution is 0.214. The van der Waals surface area contributed by atoms with Crippen LogP contribution < -0.4 is 5.32 Å². The lowest BCUT2D eigenvalue weighted by atomic mass is 10.1. The minimum Gasteiger partial charge on any atom is -0.317 e. The van der Waals surface area contributed by atoms with E-state index in [1.807, 2.05) is 29.1 Å². The molecule has 1 N–H and O–H groups in total. The summed E-state index contributed by atoms with van der Waals surface area (Å²) < 4.78 is 1.96. The topological polar surface area (TPSA) is 33.1 Å². The van der Waals surface area contributed by atoms with Gasteiger partial charge in [0.25, 0.3) is 0 Å². The van der Waals surface area contributed by atoms with Gasteiger partial charge in [-0.1, -0.05) is 18.2 Å². The number of para-hydroxylation sites is 1. The Hall–Kier alpha value is -1.65. The zero-order valence-corrected chi connectivity index (χ0v) is 12.7. The molecule has 3 rings (SSSR count). The first-order chi connectivity index (χ1) is 10.3. The van der Waals surface area contributed by atoms with E-state index in [4.69, 9.17) is 5.10 Å². The molecule has 2 aromatic rings. The summed E-state index contributed by atoms with van der Waals surface area (Å²) in [7, 11) is 2.22. The number of rotatable bonds is 4. The molecule has 1 aromatic carbocycles. The van der Waals surface area contributed by atoms with Crippen molar-refractivity contribution in [2.45, 2.75) is 31.8 Å². The SMILES string of the molecule is CN(Cc1ccn(-c2ccccc2)n1)C1CCCNCC1. The molecule has 1 atom stereocenters. The van der Waals surface area contributed by atoms with Crippen LogP contribution in [0.4, 0.5) is 0 Å². The molecule has 21 heavy (non-hydrogen) atoms. The van der Waals surface area contributed by atoms with Crippen molar-refractivity contribution in [3.63, 3.8) is 0 Å². The molecule has 1 aliphatic rings. The third-order valence-electron chi connectivity index (χ3n) is 4.25. The van der Waals surface area contributed by atoms with E-state index in [9.17, 15) is 0 Å². The van der Waals surface area contributed by atoms with Crippen LogP contribution in [-0.2, 0) is 6.54 Å². The first-order valence-electron chi connectivity index (χ1n) is 7.84. The van der Waals surface area contributed by atoms with E-state index in [1.54, 1.807) is 0 Å². The number of benzene rings is 1. The number of hydrogen-bond acceptors (Lipinski definition) is 3. The van der Waals surface area contributed by atoms with Gasteiger partial charge in [0, 0.05) is 18.8 Å². The Kier molecular flexibility index (Phi) is 4.68. The van der Waals surface area contributed by atoms with Crippen LogP contribution in [0.25, 0.3) is 5.69 Å². The monoisotopic (exact) mass is 284 g/mol. The van der Waals surface area contributed by atoms with E-state index in [1.165, 1.54) is 19.3 Å². The summed E-state index contributed by atoms with van der Waals surface area (Å²) in [4.78, 5) is 2.45. The highest BCUT2D eigenvalue weighted by Crippen LogP contribution is 2.15. The van der Waals surface area contributed by atoms with Crippen LogP contribution in [0.1, 0.15) is 25.0 Å². The molecular weight excluding hydrogens is 260 g/mol. The lowest BCUT2D eigenvalue weighted by Crippen LogP contribution is -2.32. The molecule has 1 unspecified atom stereocenters. The molecular formula is C17H24N4. The smallest absolute Gasteiger partial charge is 0.0769 e. The van der Waals surface area contributed by atoms with Gasteiger partial charge in [-0.05, 0) is 57.6 Å². The third kappa shape index (κ3) is 3.71. The van der Waals surface area contributed by atoms with E-state index in [-0.39, 0.29) is 0 Å². The van der Waals surface area contributed by atoms with Crippen molar-refractivity contribution in [2.24, 2.45) is 0 Å². The van der Waals surface area contributed by atoms with Crippen LogP contribution in [0.15, 0.2) is 42.6 Å². The van der Waals surface area contributed by atoms with Crippen molar-refractivity contribution >= 4 is 0 Å². The molecule has 1 saturated heterocycles. The molecule has 0 saturated carbocycles. The van der Waals surface area contributed by atoms with Crippen LogP contribution in [0, 0.1) is 0 Å². The van der Waals surface area contributed by atoms with Crippen molar-refractivity contribution < 1.29 is 0 Å². The fourth-order valence-corrected chi connectivity index (χ4v) is 3.00. The fraction of sp³-hybridized carbons (Fsp3) is 0.471. The summed E-state index contributed by atoms with van der Waals surface area (Å²) in [6.07, 6.45) is 5.83. The fourth-order valence-electron chi connectivity index (χ4n) is 3.00. The Morgan fingerprint density at radius 3 is 2.90 bits per heavy atom. The Balaban J connectivity index is 1.64. The van der Waals surface area contributed by atoms with Crippen LogP contribution in [-0.4, -0.2) is 40.9 Å². The maximum Gasteiger partial charge on any atom is 0.0769 e. The summed E-state index contributed by atoms with van der Waals surface area (Å²) >= 11 is 0. The van der Waals surface area contributed by atoms with Crippen molar-refractivity contribution in [3.8, 4) is 5.69 Å². The molecule has 0 aliphatic carbocycles. The summed E-state index contributed by atoms with van der Waals surface area (Å²) in [5.41, 5.74) is 2.25. The van der Waals surface area contributed by atoms with Crippen LogP contribution >= 0.6 is 0 Å². The summed E-state index contributed by atoms with van der Waals surface area (Å²) in [6, 6.07) is 13.1. The number of nitrogens with one attached hydrogen (secondary N) is 1. The highest BCUT2D eigenvalue weighted by molar-refractivity contribution is 5.30. The van der Waals surface area contributed by atoms with Crippen molar-refractivity contribution in [3.05, 3.63) is 48.3 Å². The van der Waals surface area contributed by atoms with Gasteiger partial charge in [-0.3, -0.25) is 4.90 Å². The van der Waals surface area contributed by atoms with E-state index >= 15 is 0 Å². The predicted octanol–water partition coefficient (Wildman–Crippen LogP) is 2.45. The standard InChI is InChI=1S/C17H24N4/c1-20(16-8-5-11-18-12-9-16)14-15-10-13-21(19-15)17-6-3-2-4-7-17/h2-4,6-7,10,13,16,18H,5,8-9,11-12,14H2,1H3. The van der Waals surface area contributed by atoms with Gasteiger partial charge in [0.1, 0.15) is 0 Å². The average Bonchev–Trinajstić information content (AvgIpc) is 2.81.